The molecule has 0 atom stereocenters. The fourth-order valence-corrected chi connectivity index (χ4v) is 3.90. The molecule has 146 valence electrons. The van der Waals surface area contributed by atoms with E-state index in [1.54, 1.807) is 36.4 Å². The molecule has 0 aliphatic carbocycles. The van der Waals surface area contributed by atoms with E-state index in [2.05, 4.69) is 21.2 Å². The van der Waals surface area contributed by atoms with Gasteiger partial charge in [-0.25, -0.2) is 8.42 Å². The van der Waals surface area contributed by atoms with Crippen LogP contribution in [-0.4, -0.2) is 40.3 Å². The van der Waals surface area contributed by atoms with Crippen LogP contribution in [0.1, 0.15) is 5.56 Å². The van der Waals surface area contributed by atoms with Gasteiger partial charge < -0.3 is 10.1 Å². The number of nitrogens with one attached hydrogen (secondary N) is 1. The number of nitrogens with zero attached hydrogens (tertiary/aromatic N) is 1. The van der Waals surface area contributed by atoms with E-state index in [0.717, 1.165) is 16.1 Å². The number of anilines is 1. The first-order valence-corrected chi connectivity index (χ1v) is 11.1. The Kier molecular flexibility index (Phi) is 7.52. The second kappa shape index (κ2) is 9.43. The number of halogens is 2. The number of para-hydroxylation sites is 1. The first-order valence-electron chi connectivity index (χ1n) is 8.06. The van der Waals surface area contributed by atoms with Crippen LogP contribution in [0.3, 0.4) is 0 Å². The molecular weight excluding hydrogens is 456 g/mol. The molecule has 2 aromatic carbocycles. The van der Waals surface area contributed by atoms with Crippen molar-refractivity contribution in [2.24, 2.45) is 0 Å². The van der Waals surface area contributed by atoms with Crippen LogP contribution in [0.4, 0.5) is 5.69 Å². The quantitative estimate of drug-likeness (QED) is 0.594. The van der Waals surface area contributed by atoms with E-state index in [9.17, 15) is 13.2 Å². The minimum atomic E-state index is -3.62. The first-order chi connectivity index (χ1) is 12.7. The molecule has 1 amide bonds. The molecule has 27 heavy (non-hydrogen) atoms. The summed E-state index contributed by atoms with van der Waals surface area (Å²) in [5.41, 5.74) is 1.35. The predicted octanol–water partition coefficient (Wildman–Crippen LogP) is 3.37. The summed E-state index contributed by atoms with van der Waals surface area (Å²) in [6, 6.07) is 12.2. The van der Waals surface area contributed by atoms with Crippen LogP contribution >= 0.6 is 27.5 Å². The highest BCUT2D eigenvalue weighted by Gasteiger charge is 2.22. The highest BCUT2D eigenvalue weighted by molar-refractivity contribution is 9.10. The number of aryl methyl sites for hydroxylation is 1. The summed E-state index contributed by atoms with van der Waals surface area (Å²) < 4.78 is 31.3. The van der Waals surface area contributed by atoms with Gasteiger partial charge in [0, 0.05) is 9.50 Å². The normalized spacial score (nSPS) is 11.1. The number of carbonyl (C=O) groups excluding carboxylic acids is 1. The highest BCUT2D eigenvalue weighted by atomic mass is 79.9. The maximum Gasteiger partial charge on any atom is 0.240 e. The summed E-state index contributed by atoms with van der Waals surface area (Å²) in [6.07, 6.45) is 1.06. The van der Waals surface area contributed by atoms with E-state index < -0.39 is 15.9 Å². The Morgan fingerprint density at radius 2 is 1.96 bits per heavy atom. The summed E-state index contributed by atoms with van der Waals surface area (Å²) in [5.74, 6) is 0.174. The fourth-order valence-electron chi connectivity index (χ4n) is 2.24. The summed E-state index contributed by atoms with van der Waals surface area (Å²) in [4.78, 5) is 12.2. The van der Waals surface area contributed by atoms with E-state index in [1.807, 2.05) is 13.0 Å². The Morgan fingerprint density at radius 3 is 2.59 bits per heavy atom. The van der Waals surface area contributed by atoms with Crippen LogP contribution in [0, 0.1) is 6.92 Å². The molecule has 0 unspecified atom stereocenters. The lowest BCUT2D eigenvalue weighted by Crippen LogP contribution is -2.41. The zero-order valence-corrected chi connectivity index (χ0v) is 18.1. The third-order valence-corrected chi connectivity index (χ3v) is 5.85. The second-order valence-electron chi connectivity index (χ2n) is 5.83. The van der Waals surface area contributed by atoms with Crippen LogP contribution in [0.5, 0.6) is 5.75 Å². The van der Waals surface area contributed by atoms with Gasteiger partial charge in [-0.1, -0.05) is 29.8 Å². The van der Waals surface area contributed by atoms with Gasteiger partial charge in [0.05, 0.1) is 18.5 Å². The van der Waals surface area contributed by atoms with Gasteiger partial charge in [-0.15, -0.1) is 0 Å². The molecule has 2 aromatic rings. The largest absolute Gasteiger partial charge is 0.492 e. The van der Waals surface area contributed by atoms with Crippen molar-refractivity contribution in [3.05, 3.63) is 57.5 Å². The van der Waals surface area contributed by atoms with E-state index >= 15 is 0 Å². The first kappa shape index (κ1) is 21.5. The minimum absolute atomic E-state index is 0.234. The van der Waals surface area contributed by atoms with Gasteiger partial charge >= 0.3 is 0 Å². The molecule has 0 aliphatic rings. The van der Waals surface area contributed by atoms with Crippen molar-refractivity contribution >= 4 is 49.1 Å². The van der Waals surface area contributed by atoms with Gasteiger partial charge in [0.1, 0.15) is 18.9 Å². The molecule has 0 heterocycles. The second-order valence-corrected chi connectivity index (χ2v) is 9.00. The van der Waals surface area contributed by atoms with Crippen LogP contribution in [0.25, 0.3) is 0 Å². The Hall–Kier alpha value is -1.77. The minimum Gasteiger partial charge on any atom is -0.492 e. The van der Waals surface area contributed by atoms with Crippen molar-refractivity contribution in [1.82, 2.24) is 5.32 Å². The lowest BCUT2D eigenvalue weighted by Gasteiger charge is -2.23. The molecule has 0 saturated heterocycles. The summed E-state index contributed by atoms with van der Waals surface area (Å²) in [6.45, 7) is 2.04. The molecule has 1 N–H and O–H groups in total. The average molecular weight is 476 g/mol. The van der Waals surface area contributed by atoms with Gasteiger partial charge in [-0.2, -0.15) is 0 Å². The molecule has 0 saturated carbocycles. The van der Waals surface area contributed by atoms with Crippen molar-refractivity contribution in [1.29, 1.82) is 0 Å². The zero-order valence-electron chi connectivity index (χ0n) is 14.9. The maximum absolute atomic E-state index is 12.2. The lowest BCUT2D eigenvalue weighted by molar-refractivity contribution is -0.119. The van der Waals surface area contributed by atoms with Crippen LogP contribution in [0.2, 0.25) is 5.02 Å². The summed E-state index contributed by atoms with van der Waals surface area (Å²) in [5, 5.41) is 3.26. The molecule has 9 heteroatoms. The van der Waals surface area contributed by atoms with E-state index in [4.69, 9.17) is 16.3 Å². The third-order valence-electron chi connectivity index (χ3n) is 3.64. The Balaban J connectivity index is 1.91. The molecule has 6 nitrogen and oxygen atoms in total. The Bertz CT molecular complexity index is 921. The smallest absolute Gasteiger partial charge is 0.240 e. The topological polar surface area (TPSA) is 75.7 Å². The molecule has 0 fully saturated rings. The molecular formula is C18H20BrClN2O4S. The van der Waals surface area contributed by atoms with Gasteiger partial charge in [0.15, 0.2) is 0 Å². The Morgan fingerprint density at radius 1 is 1.26 bits per heavy atom. The van der Waals surface area contributed by atoms with E-state index in [1.165, 1.54) is 0 Å². The maximum atomic E-state index is 12.2. The molecule has 0 aliphatic heterocycles. The molecule has 2 rings (SSSR count). The predicted molar refractivity (Wildman–Crippen MR) is 111 cm³/mol. The van der Waals surface area contributed by atoms with Gasteiger partial charge in [0.25, 0.3) is 0 Å². The van der Waals surface area contributed by atoms with Crippen LogP contribution in [-0.2, 0) is 14.8 Å². The fraction of sp³-hybridized carbons (Fsp3) is 0.278. The number of benzene rings is 2. The number of ether oxygens (including phenoxy) is 1. The average Bonchev–Trinajstić information content (AvgIpc) is 2.59. The Labute approximate surface area is 172 Å². The molecule has 0 radical (unpaired) electrons. The van der Waals surface area contributed by atoms with Crippen molar-refractivity contribution in [2.75, 3.05) is 30.3 Å². The lowest BCUT2D eigenvalue weighted by atomic mass is 10.2. The van der Waals surface area contributed by atoms with Gasteiger partial charge in [-0.05, 0) is 52.7 Å². The number of hydrogen-bond donors (Lipinski definition) is 1. The SMILES string of the molecule is Cc1ccc(OCCNC(=O)CN(c2ccccc2Br)S(C)(=O)=O)cc1Cl. The number of carbonyl (C=O) groups is 1. The van der Waals surface area contributed by atoms with Crippen LogP contribution < -0.4 is 14.4 Å². The summed E-state index contributed by atoms with van der Waals surface area (Å²) >= 11 is 9.34. The van der Waals surface area contributed by atoms with E-state index in [0.29, 0.717) is 20.9 Å². The number of sulfonamides is 1. The van der Waals surface area contributed by atoms with Crippen molar-refractivity contribution < 1.29 is 17.9 Å². The molecule has 0 bridgehead atoms. The number of amides is 1. The van der Waals surface area contributed by atoms with Gasteiger partial charge in [-0.3, -0.25) is 9.10 Å². The summed E-state index contributed by atoms with van der Waals surface area (Å²) in [7, 11) is -3.62. The van der Waals surface area contributed by atoms with Crippen LogP contribution in [0.15, 0.2) is 46.9 Å². The van der Waals surface area contributed by atoms with Gasteiger partial charge in [0.2, 0.25) is 15.9 Å². The standard InChI is InChI=1S/C18H20BrClN2O4S/c1-13-7-8-14(11-16(13)20)26-10-9-21-18(23)12-22(27(2,24)25)17-6-4-3-5-15(17)19/h3-8,11H,9-10,12H2,1-2H3,(H,21,23). The van der Waals surface area contributed by atoms with Crippen molar-refractivity contribution in [3.63, 3.8) is 0 Å². The zero-order chi connectivity index (χ0) is 20.0. The number of rotatable bonds is 8. The third kappa shape index (κ3) is 6.41. The number of hydrogen-bond acceptors (Lipinski definition) is 4. The molecule has 0 spiro atoms. The van der Waals surface area contributed by atoms with Crippen molar-refractivity contribution in [3.8, 4) is 5.75 Å². The van der Waals surface area contributed by atoms with Crippen molar-refractivity contribution in [2.45, 2.75) is 6.92 Å². The molecule has 0 aromatic heterocycles. The monoisotopic (exact) mass is 474 g/mol. The van der Waals surface area contributed by atoms with E-state index in [-0.39, 0.29) is 19.7 Å². The highest BCUT2D eigenvalue weighted by Crippen LogP contribution is 2.27.